The maximum atomic E-state index is 12.4. The van der Waals surface area contributed by atoms with E-state index < -0.39 is 22.1 Å². The van der Waals surface area contributed by atoms with Gasteiger partial charge in [0.15, 0.2) is 11.2 Å². The molecule has 1 aromatic carbocycles. The summed E-state index contributed by atoms with van der Waals surface area (Å²) in [5, 5.41) is 13.9. The van der Waals surface area contributed by atoms with E-state index in [1.54, 1.807) is 7.05 Å². The number of esters is 1. The van der Waals surface area contributed by atoms with Crippen LogP contribution in [-0.4, -0.2) is 37.0 Å². The largest absolute Gasteiger partial charge is 0.454 e. The maximum absolute atomic E-state index is 12.4. The van der Waals surface area contributed by atoms with Crippen LogP contribution in [-0.2, 0) is 24.9 Å². The molecule has 3 rings (SSSR count). The predicted molar refractivity (Wildman–Crippen MR) is 112 cm³/mol. The number of aromatic amines is 1. The number of aromatic nitrogens is 4. The van der Waals surface area contributed by atoms with Crippen LogP contribution >= 0.6 is 0 Å². The van der Waals surface area contributed by atoms with Gasteiger partial charge in [-0.2, -0.15) is 0 Å². The number of nitrogens with one attached hydrogen (secondary N) is 2. The van der Waals surface area contributed by atoms with Gasteiger partial charge in [0, 0.05) is 26.7 Å². The highest BCUT2D eigenvalue weighted by molar-refractivity contribution is 5.91. The highest BCUT2D eigenvalue weighted by Crippen LogP contribution is 2.25. The van der Waals surface area contributed by atoms with Crippen molar-refractivity contribution in [2.75, 3.05) is 12.4 Å². The second-order valence-electron chi connectivity index (χ2n) is 6.84. The fourth-order valence-corrected chi connectivity index (χ4v) is 3.18. The van der Waals surface area contributed by atoms with Crippen LogP contribution in [0.5, 0.6) is 0 Å². The van der Waals surface area contributed by atoms with E-state index in [-0.39, 0.29) is 40.5 Å². The molecule has 164 valence electrons. The fourth-order valence-electron chi connectivity index (χ4n) is 3.18. The lowest BCUT2D eigenvalue weighted by molar-refractivity contribution is -0.384. The number of imidazole rings is 1. The molecule has 0 amide bonds. The van der Waals surface area contributed by atoms with Crippen LogP contribution in [0.1, 0.15) is 35.9 Å². The molecule has 0 saturated carbocycles. The lowest BCUT2D eigenvalue weighted by atomic mass is 10.1. The summed E-state index contributed by atoms with van der Waals surface area (Å²) in [5.74, 6) is -0.527. The SMILES string of the molecule is CCCCn1c(=O)[nH]c(=O)c2c1nc(COC(=O)c1ccc(NC)c([N+](=O)[O-])c1)n2C. The molecule has 3 aromatic rings. The molecule has 0 atom stereocenters. The van der Waals surface area contributed by atoms with Crippen molar-refractivity contribution in [3.05, 3.63) is 60.5 Å². The summed E-state index contributed by atoms with van der Waals surface area (Å²) in [6.07, 6.45) is 1.58. The van der Waals surface area contributed by atoms with E-state index in [1.165, 1.54) is 28.3 Å². The van der Waals surface area contributed by atoms with Crippen LogP contribution in [0.4, 0.5) is 11.4 Å². The lowest BCUT2D eigenvalue weighted by Crippen LogP contribution is -2.31. The van der Waals surface area contributed by atoms with E-state index in [9.17, 15) is 24.5 Å². The molecule has 2 heterocycles. The first-order chi connectivity index (χ1) is 14.8. The van der Waals surface area contributed by atoms with Gasteiger partial charge >= 0.3 is 11.7 Å². The normalized spacial score (nSPS) is 10.9. The summed E-state index contributed by atoms with van der Waals surface area (Å²) in [5.41, 5.74) is -0.724. The summed E-state index contributed by atoms with van der Waals surface area (Å²) in [6.45, 7) is 2.08. The molecule has 0 aliphatic carbocycles. The molecule has 0 saturated heterocycles. The van der Waals surface area contributed by atoms with Crippen molar-refractivity contribution in [3.8, 4) is 0 Å². The summed E-state index contributed by atoms with van der Waals surface area (Å²) >= 11 is 0. The Hall–Kier alpha value is -3.96. The first-order valence-corrected chi connectivity index (χ1v) is 9.60. The van der Waals surface area contributed by atoms with Gasteiger partial charge in [-0.05, 0) is 18.6 Å². The molecular weight excluding hydrogens is 408 g/mol. The number of nitrogens with zero attached hydrogens (tertiary/aromatic N) is 4. The second kappa shape index (κ2) is 8.81. The number of nitro benzene ring substituents is 1. The highest BCUT2D eigenvalue weighted by Gasteiger charge is 2.20. The van der Waals surface area contributed by atoms with Gasteiger partial charge in [-0.1, -0.05) is 13.3 Å². The Kier molecular flexibility index (Phi) is 6.18. The summed E-state index contributed by atoms with van der Waals surface area (Å²) in [4.78, 5) is 54.1. The van der Waals surface area contributed by atoms with Gasteiger partial charge in [0.05, 0.1) is 10.5 Å². The smallest absolute Gasteiger partial charge is 0.338 e. The van der Waals surface area contributed by atoms with Crippen LogP contribution in [0.15, 0.2) is 27.8 Å². The summed E-state index contributed by atoms with van der Waals surface area (Å²) in [7, 11) is 3.11. The van der Waals surface area contributed by atoms with E-state index >= 15 is 0 Å². The number of carbonyl (C=O) groups is 1. The highest BCUT2D eigenvalue weighted by atomic mass is 16.6. The molecule has 31 heavy (non-hydrogen) atoms. The number of nitro groups is 1. The van der Waals surface area contributed by atoms with Crippen molar-refractivity contribution in [2.24, 2.45) is 7.05 Å². The van der Waals surface area contributed by atoms with Crippen molar-refractivity contribution in [3.63, 3.8) is 0 Å². The fraction of sp³-hybridized carbons (Fsp3) is 0.368. The number of hydrogen-bond donors (Lipinski definition) is 2. The van der Waals surface area contributed by atoms with Gasteiger partial charge in [-0.15, -0.1) is 0 Å². The minimum absolute atomic E-state index is 0.00201. The molecule has 0 spiro atoms. The van der Waals surface area contributed by atoms with E-state index in [0.717, 1.165) is 18.9 Å². The van der Waals surface area contributed by atoms with Crippen molar-refractivity contribution < 1.29 is 14.5 Å². The van der Waals surface area contributed by atoms with Gasteiger partial charge in [0.25, 0.3) is 11.2 Å². The molecule has 12 nitrogen and oxygen atoms in total. The number of anilines is 1. The minimum atomic E-state index is -0.782. The number of H-pyrrole nitrogens is 1. The maximum Gasteiger partial charge on any atom is 0.338 e. The molecule has 12 heteroatoms. The number of unbranched alkanes of at least 4 members (excludes halogenated alkanes) is 1. The third-order valence-corrected chi connectivity index (χ3v) is 4.87. The van der Waals surface area contributed by atoms with E-state index in [1.807, 2.05) is 6.92 Å². The van der Waals surface area contributed by atoms with Crippen molar-refractivity contribution in [1.29, 1.82) is 0 Å². The molecule has 0 aliphatic heterocycles. The molecule has 0 fully saturated rings. The number of aryl methyl sites for hydroxylation is 2. The van der Waals surface area contributed by atoms with Crippen LogP contribution < -0.4 is 16.6 Å². The Balaban J connectivity index is 1.90. The molecule has 0 bridgehead atoms. The Bertz CT molecular complexity index is 1270. The Morgan fingerprint density at radius 2 is 2.10 bits per heavy atom. The number of hydrogen-bond acceptors (Lipinski definition) is 8. The lowest BCUT2D eigenvalue weighted by Gasteiger charge is -2.07. The number of carbonyl (C=O) groups excluding carboxylic acids is 1. The number of rotatable bonds is 8. The predicted octanol–water partition coefficient (Wildman–Crippen LogP) is 1.53. The first-order valence-electron chi connectivity index (χ1n) is 9.60. The van der Waals surface area contributed by atoms with Crippen LogP contribution in [0.2, 0.25) is 0 Å². The average Bonchev–Trinajstić information content (AvgIpc) is 3.07. The summed E-state index contributed by atoms with van der Waals surface area (Å²) in [6, 6.07) is 3.94. The van der Waals surface area contributed by atoms with Gasteiger partial charge in [0.2, 0.25) is 0 Å². The van der Waals surface area contributed by atoms with Gasteiger partial charge < -0.3 is 14.6 Å². The molecule has 2 N–H and O–H groups in total. The van der Waals surface area contributed by atoms with Crippen LogP contribution in [0.3, 0.4) is 0 Å². The monoisotopic (exact) mass is 430 g/mol. The van der Waals surface area contributed by atoms with Crippen LogP contribution in [0.25, 0.3) is 11.2 Å². The van der Waals surface area contributed by atoms with Gasteiger partial charge in [-0.25, -0.2) is 14.6 Å². The Morgan fingerprint density at radius 3 is 2.74 bits per heavy atom. The topological polar surface area (TPSA) is 154 Å². The standard InChI is InChI=1S/C19H22N6O6/c1-4-5-8-24-16-15(17(26)22-19(24)28)23(3)14(21-16)10-31-18(27)11-6-7-12(20-2)13(9-11)25(29)30/h6-7,9,20H,4-5,8,10H2,1-3H3,(H,22,26,28). The zero-order chi connectivity index (χ0) is 22.7. The quantitative estimate of drug-likeness (QED) is 0.310. The zero-order valence-electron chi connectivity index (χ0n) is 17.3. The first kappa shape index (κ1) is 21.7. The average molecular weight is 430 g/mol. The minimum Gasteiger partial charge on any atom is -0.454 e. The number of benzene rings is 1. The van der Waals surface area contributed by atoms with Crippen LogP contribution in [0, 0.1) is 10.1 Å². The number of fused-ring (bicyclic) bond motifs is 1. The second-order valence-corrected chi connectivity index (χ2v) is 6.84. The third kappa shape index (κ3) is 4.17. The van der Waals surface area contributed by atoms with Gasteiger partial charge in [-0.3, -0.25) is 24.5 Å². The van der Waals surface area contributed by atoms with Crippen molar-refractivity contribution in [2.45, 2.75) is 32.9 Å². The van der Waals surface area contributed by atoms with E-state index in [2.05, 4.69) is 15.3 Å². The Morgan fingerprint density at radius 1 is 1.35 bits per heavy atom. The van der Waals surface area contributed by atoms with E-state index in [4.69, 9.17) is 4.74 Å². The van der Waals surface area contributed by atoms with Crippen molar-refractivity contribution >= 4 is 28.5 Å². The zero-order valence-corrected chi connectivity index (χ0v) is 17.3. The number of ether oxygens (including phenoxy) is 1. The van der Waals surface area contributed by atoms with Crippen molar-refractivity contribution in [1.82, 2.24) is 19.1 Å². The molecular formula is C19H22N6O6. The van der Waals surface area contributed by atoms with Gasteiger partial charge in [0.1, 0.15) is 18.1 Å². The molecule has 2 aromatic heterocycles. The molecule has 0 unspecified atom stereocenters. The Labute approximate surface area is 175 Å². The summed E-state index contributed by atoms with van der Waals surface area (Å²) < 4.78 is 8.09. The molecule has 0 aliphatic rings. The van der Waals surface area contributed by atoms with E-state index in [0.29, 0.717) is 6.54 Å². The third-order valence-electron chi connectivity index (χ3n) is 4.87. The molecule has 0 radical (unpaired) electrons.